The maximum absolute atomic E-state index is 13.6. The normalized spacial score (nSPS) is 20.6. The maximum Gasteiger partial charge on any atom is 0.275 e. The second kappa shape index (κ2) is 8.45. The Balaban J connectivity index is 1.47. The standard InChI is InChI=1S/C24H24N4O4/c29-22-19-11-5-4-10-18(19)21(25-26-22)24(31)28-15-17(32-16-8-2-1-3-9-16)14-20(28)23(30)27-12-6-7-13-27/h1-5,8-11,17,20H,6-7,12-15H2,(H,26,29)/t17-,20-/m0/s1. The van der Waals surface area contributed by atoms with E-state index in [0.29, 0.717) is 36.0 Å². The van der Waals surface area contributed by atoms with Gasteiger partial charge in [-0.15, -0.1) is 0 Å². The Bertz CT molecular complexity index is 1200. The number of para-hydroxylation sites is 1. The first-order valence-electron chi connectivity index (χ1n) is 10.9. The molecule has 0 radical (unpaired) electrons. The first-order chi connectivity index (χ1) is 15.6. The van der Waals surface area contributed by atoms with E-state index < -0.39 is 6.04 Å². The summed E-state index contributed by atoms with van der Waals surface area (Å²) in [6, 6.07) is 15.6. The summed E-state index contributed by atoms with van der Waals surface area (Å²) in [7, 11) is 0. The van der Waals surface area contributed by atoms with E-state index in [0.717, 1.165) is 12.8 Å². The number of aromatic nitrogens is 2. The van der Waals surface area contributed by atoms with Crippen LogP contribution >= 0.6 is 0 Å². The van der Waals surface area contributed by atoms with E-state index in [1.807, 2.05) is 35.2 Å². The van der Waals surface area contributed by atoms with Crippen molar-refractivity contribution in [1.82, 2.24) is 20.0 Å². The van der Waals surface area contributed by atoms with E-state index in [4.69, 9.17) is 4.74 Å². The number of likely N-dealkylation sites (tertiary alicyclic amines) is 2. The molecule has 2 aliphatic rings. The van der Waals surface area contributed by atoms with E-state index in [1.54, 1.807) is 29.2 Å². The zero-order valence-corrected chi connectivity index (χ0v) is 17.6. The smallest absolute Gasteiger partial charge is 0.275 e. The lowest BCUT2D eigenvalue weighted by atomic mass is 10.1. The number of fused-ring (bicyclic) bond motifs is 1. The highest BCUT2D eigenvalue weighted by Gasteiger charge is 2.43. The van der Waals surface area contributed by atoms with Crippen molar-refractivity contribution in [2.45, 2.75) is 31.4 Å². The van der Waals surface area contributed by atoms with Gasteiger partial charge in [0, 0.05) is 24.9 Å². The van der Waals surface area contributed by atoms with Crippen molar-refractivity contribution >= 4 is 22.6 Å². The van der Waals surface area contributed by atoms with Crippen molar-refractivity contribution in [3.63, 3.8) is 0 Å². The molecule has 3 aromatic rings. The lowest BCUT2D eigenvalue weighted by Gasteiger charge is -2.27. The van der Waals surface area contributed by atoms with Gasteiger partial charge in [-0.1, -0.05) is 36.4 Å². The number of amides is 2. The number of hydrogen-bond donors (Lipinski definition) is 1. The van der Waals surface area contributed by atoms with Gasteiger partial charge >= 0.3 is 0 Å². The Morgan fingerprint density at radius 1 is 0.969 bits per heavy atom. The molecule has 0 aliphatic carbocycles. The third-order valence-corrected chi connectivity index (χ3v) is 6.17. The molecule has 2 aromatic carbocycles. The molecular weight excluding hydrogens is 408 g/mol. The Labute approximate surface area is 184 Å². The largest absolute Gasteiger partial charge is 0.488 e. The molecule has 1 aromatic heterocycles. The van der Waals surface area contributed by atoms with Gasteiger partial charge in [0.1, 0.15) is 17.9 Å². The van der Waals surface area contributed by atoms with Gasteiger partial charge in [-0.3, -0.25) is 14.4 Å². The number of benzene rings is 2. The van der Waals surface area contributed by atoms with Gasteiger partial charge in [-0.05, 0) is 31.0 Å². The van der Waals surface area contributed by atoms with Crippen molar-refractivity contribution in [3.05, 3.63) is 70.6 Å². The van der Waals surface area contributed by atoms with Gasteiger partial charge in [0.25, 0.3) is 11.5 Å². The average Bonchev–Trinajstić information content (AvgIpc) is 3.50. The number of aromatic amines is 1. The predicted molar refractivity (Wildman–Crippen MR) is 118 cm³/mol. The van der Waals surface area contributed by atoms with E-state index in [9.17, 15) is 14.4 Å². The Hall–Kier alpha value is -3.68. The van der Waals surface area contributed by atoms with Crippen LogP contribution in [-0.2, 0) is 4.79 Å². The molecular formula is C24H24N4O4. The maximum atomic E-state index is 13.6. The second-order valence-electron chi connectivity index (χ2n) is 8.24. The highest BCUT2D eigenvalue weighted by molar-refractivity contribution is 6.06. The van der Waals surface area contributed by atoms with Crippen molar-refractivity contribution in [2.24, 2.45) is 0 Å². The summed E-state index contributed by atoms with van der Waals surface area (Å²) in [5.74, 6) is 0.268. The summed E-state index contributed by atoms with van der Waals surface area (Å²) in [5.41, 5.74) is -0.215. The number of ether oxygens (including phenoxy) is 1. The summed E-state index contributed by atoms with van der Waals surface area (Å²) >= 11 is 0. The van der Waals surface area contributed by atoms with Gasteiger partial charge in [0.15, 0.2) is 5.69 Å². The summed E-state index contributed by atoms with van der Waals surface area (Å²) in [4.78, 5) is 42.5. The fourth-order valence-electron chi connectivity index (χ4n) is 4.59. The van der Waals surface area contributed by atoms with Crippen molar-refractivity contribution in [1.29, 1.82) is 0 Å². The molecule has 5 rings (SSSR count). The fraction of sp³-hybridized carbons (Fsp3) is 0.333. The van der Waals surface area contributed by atoms with Crippen LogP contribution in [0.3, 0.4) is 0 Å². The second-order valence-corrected chi connectivity index (χ2v) is 8.24. The molecule has 8 heteroatoms. The molecule has 0 spiro atoms. The fourth-order valence-corrected chi connectivity index (χ4v) is 4.59. The predicted octanol–water partition coefficient (Wildman–Crippen LogP) is 2.21. The van der Waals surface area contributed by atoms with E-state index in [2.05, 4.69) is 10.2 Å². The minimum Gasteiger partial charge on any atom is -0.488 e. The van der Waals surface area contributed by atoms with E-state index >= 15 is 0 Å². The highest BCUT2D eigenvalue weighted by atomic mass is 16.5. The topological polar surface area (TPSA) is 95.6 Å². The quantitative estimate of drug-likeness (QED) is 0.682. The zero-order valence-electron chi connectivity index (χ0n) is 17.6. The van der Waals surface area contributed by atoms with Crippen LogP contribution in [0.15, 0.2) is 59.4 Å². The highest BCUT2D eigenvalue weighted by Crippen LogP contribution is 2.28. The third-order valence-electron chi connectivity index (χ3n) is 6.17. The minimum atomic E-state index is -0.623. The third kappa shape index (κ3) is 3.72. The molecule has 3 heterocycles. The minimum absolute atomic E-state index is 0.0521. The monoisotopic (exact) mass is 432 g/mol. The summed E-state index contributed by atoms with van der Waals surface area (Å²) in [6.07, 6.45) is 2.05. The molecule has 0 unspecified atom stereocenters. The van der Waals surface area contributed by atoms with Crippen LogP contribution in [0.5, 0.6) is 5.75 Å². The first kappa shape index (κ1) is 20.2. The van der Waals surface area contributed by atoms with Crippen LogP contribution in [-0.4, -0.2) is 63.6 Å². The summed E-state index contributed by atoms with van der Waals surface area (Å²) < 4.78 is 6.10. The van der Waals surface area contributed by atoms with Crippen molar-refractivity contribution in [2.75, 3.05) is 19.6 Å². The lowest BCUT2D eigenvalue weighted by Crippen LogP contribution is -2.47. The Morgan fingerprint density at radius 2 is 1.66 bits per heavy atom. The first-order valence-corrected chi connectivity index (χ1v) is 10.9. The van der Waals surface area contributed by atoms with Gasteiger partial charge in [-0.25, -0.2) is 5.10 Å². The molecule has 2 saturated heterocycles. The molecule has 2 amide bonds. The number of carbonyl (C=O) groups is 2. The number of H-pyrrole nitrogens is 1. The number of carbonyl (C=O) groups excluding carboxylic acids is 2. The van der Waals surface area contributed by atoms with Crippen LogP contribution in [0, 0.1) is 0 Å². The molecule has 2 fully saturated rings. The number of nitrogens with zero attached hydrogens (tertiary/aromatic N) is 3. The molecule has 0 saturated carbocycles. The Kier molecular flexibility index (Phi) is 5.34. The summed E-state index contributed by atoms with van der Waals surface area (Å²) in [6.45, 7) is 1.69. The SMILES string of the molecule is O=C([C@@H]1C[C@H](Oc2ccccc2)CN1C(=O)c1n[nH]c(=O)c2ccccc12)N1CCCC1. The number of hydrogen-bond acceptors (Lipinski definition) is 5. The molecule has 1 N–H and O–H groups in total. The Morgan fingerprint density at radius 3 is 2.41 bits per heavy atom. The van der Waals surface area contributed by atoms with Crippen LogP contribution in [0.25, 0.3) is 10.8 Å². The van der Waals surface area contributed by atoms with Crippen LogP contribution in [0.1, 0.15) is 29.8 Å². The van der Waals surface area contributed by atoms with E-state index in [1.165, 1.54) is 0 Å². The molecule has 8 nitrogen and oxygen atoms in total. The van der Waals surface area contributed by atoms with E-state index in [-0.39, 0.29) is 35.7 Å². The number of nitrogens with one attached hydrogen (secondary N) is 1. The van der Waals surface area contributed by atoms with Crippen molar-refractivity contribution in [3.8, 4) is 5.75 Å². The van der Waals surface area contributed by atoms with Crippen LogP contribution < -0.4 is 10.3 Å². The summed E-state index contributed by atoms with van der Waals surface area (Å²) in [5, 5.41) is 7.34. The van der Waals surface area contributed by atoms with Gasteiger partial charge in [-0.2, -0.15) is 5.10 Å². The van der Waals surface area contributed by atoms with Gasteiger partial charge in [0.2, 0.25) is 5.91 Å². The van der Waals surface area contributed by atoms with Crippen LogP contribution in [0.2, 0.25) is 0 Å². The van der Waals surface area contributed by atoms with Gasteiger partial charge in [0.05, 0.1) is 11.9 Å². The molecule has 0 bridgehead atoms. The average molecular weight is 432 g/mol. The van der Waals surface area contributed by atoms with Gasteiger partial charge < -0.3 is 14.5 Å². The lowest BCUT2D eigenvalue weighted by molar-refractivity contribution is -0.134. The molecule has 2 aliphatic heterocycles. The molecule has 2 atom stereocenters. The molecule has 164 valence electrons. The van der Waals surface area contributed by atoms with Crippen molar-refractivity contribution < 1.29 is 14.3 Å². The molecule has 32 heavy (non-hydrogen) atoms. The number of rotatable bonds is 4. The zero-order chi connectivity index (χ0) is 22.1. The van der Waals surface area contributed by atoms with Crippen LogP contribution in [0.4, 0.5) is 0 Å².